The first-order valence-electron chi connectivity index (χ1n) is 14.3. The van der Waals surface area contributed by atoms with Crippen LogP contribution in [0.25, 0.3) is 21.9 Å². The molecule has 2 aromatic heterocycles. The number of halogens is 4. The first kappa shape index (κ1) is 33.2. The van der Waals surface area contributed by atoms with Crippen LogP contribution in [0, 0.1) is 20.2 Å². The second kappa shape index (κ2) is 13.5. The zero-order valence-corrected chi connectivity index (χ0v) is 26.3. The lowest BCUT2D eigenvalue weighted by Gasteiger charge is -2.14. The monoisotopic (exact) mass is 708 g/mol. The fourth-order valence-electron chi connectivity index (χ4n) is 5.51. The van der Waals surface area contributed by atoms with Gasteiger partial charge in [0.05, 0.1) is 19.9 Å². The SMILES string of the molecule is O=c1oc2cc(Oc3cc4oc(=O)c(Cc5cccc([N+](=O)[O-])c5)c(CF)c4cc3Cl)c(Cl)cc2c(CF)c1Cc1cccc([N+](=O)[O-])c1. The van der Waals surface area contributed by atoms with Crippen molar-refractivity contribution in [3.63, 3.8) is 0 Å². The Hall–Kier alpha value is -5.66. The molecule has 0 spiro atoms. The summed E-state index contributed by atoms with van der Waals surface area (Å²) in [4.78, 5) is 47.2. The molecule has 0 aliphatic carbocycles. The standard InChI is InChI=1S/C34H20Cl2F2N2O9/c35-27-11-21-25(15-37)23(9-17-3-1-5-19(7-17)39(43)44)33(41)48-29(21)13-31(27)47-32-14-30-22(12-28(32)36)26(16-38)24(34(42)49-30)10-18-4-2-6-20(8-18)40(45)46/h1-8,11-14H,9-10,15-16H2. The molecule has 15 heteroatoms. The van der Waals surface area contributed by atoms with Gasteiger partial charge in [-0.3, -0.25) is 20.2 Å². The van der Waals surface area contributed by atoms with E-state index in [1.54, 1.807) is 12.1 Å². The molecular weight excluding hydrogens is 689 g/mol. The second-order valence-electron chi connectivity index (χ2n) is 10.8. The molecule has 6 aromatic rings. The normalized spacial score (nSPS) is 11.3. The first-order valence-corrected chi connectivity index (χ1v) is 15.1. The third kappa shape index (κ3) is 6.58. The number of nitrogens with zero attached hydrogens (tertiary/aromatic N) is 2. The van der Waals surface area contributed by atoms with Crippen molar-refractivity contribution in [1.82, 2.24) is 0 Å². The fraction of sp³-hybridized carbons (Fsp3) is 0.118. The number of nitro groups is 2. The second-order valence-corrected chi connectivity index (χ2v) is 11.6. The van der Waals surface area contributed by atoms with E-state index in [0.29, 0.717) is 11.1 Å². The van der Waals surface area contributed by atoms with Crippen LogP contribution in [0.5, 0.6) is 11.5 Å². The van der Waals surface area contributed by atoms with Crippen molar-refractivity contribution in [3.05, 3.63) is 157 Å². The molecule has 49 heavy (non-hydrogen) atoms. The fourth-order valence-corrected chi connectivity index (χ4v) is 5.92. The van der Waals surface area contributed by atoms with E-state index in [-0.39, 0.29) is 90.0 Å². The highest BCUT2D eigenvalue weighted by atomic mass is 35.5. The molecule has 11 nitrogen and oxygen atoms in total. The number of benzene rings is 4. The van der Waals surface area contributed by atoms with E-state index in [2.05, 4.69) is 0 Å². The van der Waals surface area contributed by atoms with Crippen LogP contribution in [-0.4, -0.2) is 9.85 Å². The van der Waals surface area contributed by atoms with Gasteiger partial charge in [-0.15, -0.1) is 0 Å². The quantitative estimate of drug-likeness (QED) is 0.0770. The Kier molecular flexibility index (Phi) is 9.13. The molecule has 0 atom stereocenters. The Morgan fingerprint density at radius 1 is 0.633 bits per heavy atom. The van der Waals surface area contributed by atoms with Gasteiger partial charge >= 0.3 is 11.3 Å². The summed E-state index contributed by atoms with van der Waals surface area (Å²) in [6.07, 6.45) is -0.276. The van der Waals surface area contributed by atoms with Gasteiger partial charge in [-0.2, -0.15) is 0 Å². The number of nitro benzene ring substituents is 2. The van der Waals surface area contributed by atoms with Gasteiger partial charge < -0.3 is 13.6 Å². The summed E-state index contributed by atoms with van der Waals surface area (Å²) in [6, 6.07) is 16.3. The molecular formula is C34H20Cl2F2N2O9. The summed E-state index contributed by atoms with van der Waals surface area (Å²) in [5.74, 6) is -0.129. The highest BCUT2D eigenvalue weighted by Crippen LogP contribution is 2.40. The van der Waals surface area contributed by atoms with Crippen LogP contribution in [0.3, 0.4) is 0 Å². The number of rotatable bonds is 10. The minimum atomic E-state index is -1.07. The van der Waals surface area contributed by atoms with Crippen LogP contribution in [0.4, 0.5) is 20.2 Å². The van der Waals surface area contributed by atoms with E-state index in [0.717, 1.165) is 0 Å². The number of fused-ring (bicyclic) bond motifs is 2. The summed E-state index contributed by atoms with van der Waals surface area (Å²) in [5, 5.41) is 22.6. The minimum absolute atomic E-state index is 0.0172. The van der Waals surface area contributed by atoms with Crippen LogP contribution in [0.1, 0.15) is 33.4 Å². The molecule has 0 saturated heterocycles. The van der Waals surface area contributed by atoms with Crippen LogP contribution in [0.2, 0.25) is 10.0 Å². The number of non-ortho nitro benzene ring substituents is 2. The Balaban J connectivity index is 1.36. The molecule has 0 aliphatic heterocycles. The van der Waals surface area contributed by atoms with Crippen LogP contribution in [-0.2, 0) is 26.2 Å². The van der Waals surface area contributed by atoms with Crippen molar-refractivity contribution in [1.29, 1.82) is 0 Å². The lowest BCUT2D eigenvalue weighted by atomic mass is 9.98. The van der Waals surface area contributed by atoms with Crippen molar-refractivity contribution < 1.29 is 32.2 Å². The topological polar surface area (TPSA) is 156 Å². The molecule has 0 saturated carbocycles. The van der Waals surface area contributed by atoms with Gasteiger partial charge in [0.15, 0.2) is 0 Å². The number of alkyl halides is 2. The third-order valence-corrected chi connectivity index (χ3v) is 8.43. The Labute approximate surface area is 283 Å². The molecule has 0 amide bonds. The van der Waals surface area contributed by atoms with Crippen molar-refractivity contribution >= 4 is 56.5 Å². The maximum atomic E-state index is 14.4. The maximum Gasteiger partial charge on any atom is 0.340 e. The lowest BCUT2D eigenvalue weighted by Crippen LogP contribution is -2.12. The highest BCUT2D eigenvalue weighted by Gasteiger charge is 2.22. The predicted octanol–water partition coefficient (Wildman–Crippen LogP) is 8.94. The summed E-state index contributed by atoms with van der Waals surface area (Å²) >= 11 is 13.0. The molecule has 0 N–H and O–H groups in total. The summed E-state index contributed by atoms with van der Waals surface area (Å²) in [6.45, 7) is -2.14. The first-order chi connectivity index (χ1) is 23.5. The average molecular weight is 709 g/mol. The molecule has 4 aromatic carbocycles. The molecule has 0 radical (unpaired) electrons. The molecule has 0 fully saturated rings. The zero-order valence-electron chi connectivity index (χ0n) is 24.8. The number of hydrogen-bond acceptors (Lipinski definition) is 9. The van der Waals surface area contributed by atoms with Gasteiger partial charge in [-0.1, -0.05) is 47.5 Å². The third-order valence-electron chi connectivity index (χ3n) is 7.84. The van der Waals surface area contributed by atoms with E-state index >= 15 is 0 Å². The van der Waals surface area contributed by atoms with E-state index < -0.39 is 34.4 Å². The molecule has 248 valence electrons. The molecule has 0 unspecified atom stereocenters. The van der Waals surface area contributed by atoms with Gasteiger partial charge in [-0.25, -0.2) is 18.4 Å². The van der Waals surface area contributed by atoms with Crippen LogP contribution in [0.15, 0.2) is 91.2 Å². The van der Waals surface area contributed by atoms with E-state index in [9.17, 15) is 38.6 Å². The number of hydrogen-bond donors (Lipinski definition) is 0. The van der Waals surface area contributed by atoms with Gasteiger partial charge in [-0.05, 0) is 23.3 Å². The predicted molar refractivity (Wildman–Crippen MR) is 176 cm³/mol. The lowest BCUT2D eigenvalue weighted by molar-refractivity contribution is -0.385. The average Bonchev–Trinajstić information content (AvgIpc) is 3.07. The van der Waals surface area contributed by atoms with E-state index in [1.165, 1.54) is 60.7 Å². The van der Waals surface area contributed by atoms with Gasteiger partial charge in [0.25, 0.3) is 11.4 Å². The summed E-state index contributed by atoms with van der Waals surface area (Å²) < 4.78 is 45.7. The van der Waals surface area contributed by atoms with E-state index in [1.807, 2.05) is 0 Å². The van der Waals surface area contributed by atoms with Crippen molar-refractivity contribution in [3.8, 4) is 11.5 Å². The van der Waals surface area contributed by atoms with Crippen LogP contribution >= 0.6 is 23.2 Å². The summed E-state index contributed by atoms with van der Waals surface area (Å²) in [5.41, 5.74) is -1.60. The van der Waals surface area contributed by atoms with Crippen molar-refractivity contribution in [2.24, 2.45) is 0 Å². The molecule has 0 bridgehead atoms. The zero-order chi connectivity index (χ0) is 35.0. The van der Waals surface area contributed by atoms with Gasteiger partial charge in [0.2, 0.25) is 0 Å². The Morgan fingerprint density at radius 2 is 1.04 bits per heavy atom. The Morgan fingerprint density at radius 3 is 1.41 bits per heavy atom. The van der Waals surface area contributed by atoms with Gasteiger partial charge in [0.1, 0.15) is 36.0 Å². The molecule has 2 heterocycles. The van der Waals surface area contributed by atoms with Crippen molar-refractivity contribution in [2.45, 2.75) is 26.2 Å². The largest absolute Gasteiger partial charge is 0.454 e. The minimum Gasteiger partial charge on any atom is -0.454 e. The molecule has 0 aliphatic rings. The van der Waals surface area contributed by atoms with Gasteiger partial charge in [0, 0.05) is 82.3 Å². The van der Waals surface area contributed by atoms with Crippen LogP contribution < -0.4 is 16.0 Å². The number of ether oxygens (including phenoxy) is 1. The highest BCUT2D eigenvalue weighted by molar-refractivity contribution is 6.33. The van der Waals surface area contributed by atoms with E-state index in [4.69, 9.17) is 36.8 Å². The van der Waals surface area contributed by atoms with Crippen molar-refractivity contribution in [2.75, 3.05) is 0 Å². The Bertz CT molecular complexity index is 2280. The molecule has 6 rings (SSSR count). The maximum absolute atomic E-state index is 14.4. The smallest absolute Gasteiger partial charge is 0.340 e. The summed E-state index contributed by atoms with van der Waals surface area (Å²) in [7, 11) is 0.